The predicted molar refractivity (Wildman–Crippen MR) is 77.5 cm³/mol. The van der Waals surface area contributed by atoms with E-state index in [2.05, 4.69) is 27.9 Å². The topological polar surface area (TPSA) is 38.5 Å². The monoisotopic (exact) mass is 330 g/mol. The van der Waals surface area contributed by atoms with Crippen molar-refractivity contribution in [3.63, 3.8) is 0 Å². The summed E-state index contributed by atoms with van der Waals surface area (Å²) in [5, 5.41) is 0. The van der Waals surface area contributed by atoms with Crippen molar-refractivity contribution in [2.24, 2.45) is 5.73 Å². The Bertz CT molecular complexity index is 424. The minimum atomic E-state index is -0.242. The van der Waals surface area contributed by atoms with Gasteiger partial charge in [-0.1, -0.05) is 6.07 Å². The van der Waals surface area contributed by atoms with E-state index in [0.29, 0.717) is 17.1 Å². The van der Waals surface area contributed by atoms with E-state index in [-0.39, 0.29) is 11.9 Å². The average molecular weight is 331 g/mol. The summed E-state index contributed by atoms with van der Waals surface area (Å²) in [5.74, 6) is -0.242. The maximum Gasteiger partial charge on any atom is 0.137 e. The Hall–Kier alpha value is -0.490. The Kier molecular flexibility index (Phi) is 5.33. The zero-order valence-electron chi connectivity index (χ0n) is 11.1. The summed E-state index contributed by atoms with van der Waals surface area (Å²) in [6, 6.07) is 5.71. The first-order valence-corrected chi connectivity index (χ1v) is 7.37. The molecule has 0 radical (unpaired) electrons. The first kappa shape index (κ1) is 14.9. The SMILES string of the molecule is CN(C1CCOCC1)C(CN)c1ccc(F)c(Br)c1. The molecule has 3 nitrogen and oxygen atoms in total. The molecule has 0 spiro atoms. The number of nitrogens with zero attached hydrogens (tertiary/aromatic N) is 1. The van der Waals surface area contributed by atoms with Gasteiger partial charge in [0.25, 0.3) is 0 Å². The highest BCUT2D eigenvalue weighted by Crippen LogP contribution is 2.27. The summed E-state index contributed by atoms with van der Waals surface area (Å²) in [7, 11) is 2.09. The fourth-order valence-electron chi connectivity index (χ4n) is 2.60. The van der Waals surface area contributed by atoms with Gasteiger partial charge >= 0.3 is 0 Å². The van der Waals surface area contributed by atoms with Crippen LogP contribution in [-0.2, 0) is 4.74 Å². The third kappa shape index (κ3) is 3.54. The van der Waals surface area contributed by atoms with Crippen molar-refractivity contribution < 1.29 is 9.13 Å². The van der Waals surface area contributed by atoms with Gasteiger partial charge in [0, 0.05) is 31.8 Å². The van der Waals surface area contributed by atoms with Gasteiger partial charge in [0.1, 0.15) is 5.82 Å². The molecule has 1 saturated heterocycles. The van der Waals surface area contributed by atoms with Crippen LogP contribution >= 0.6 is 15.9 Å². The molecule has 106 valence electrons. The van der Waals surface area contributed by atoms with Crippen molar-refractivity contribution >= 4 is 15.9 Å². The Balaban J connectivity index is 2.15. The number of halogens is 2. The second-order valence-corrected chi connectivity index (χ2v) is 5.79. The molecule has 1 aromatic carbocycles. The molecule has 19 heavy (non-hydrogen) atoms. The minimum Gasteiger partial charge on any atom is -0.381 e. The number of ether oxygens (including phenoxy) is 1. The highest BCUT2D eigenvalue weighted by molar-refractivity contribution is 9.10. The zero-order valence-corrected chi connectivity index (χ0v) is 12.7. The van der Waals surface area contributed by atoms with E-state index in [9.17, 15) is 4.39 Å². The summed E-state index contributed by atoms with van der Waals surface area (Å²) in [5.41, 5.74) is 6.96. The van der Waals surface area contributed by atoms with Crippen molar-refractivity contribution in [1.29, 1.82) is 0 Å². The van der Waals surface area contributed by atoms with Crippen LogP contribution in [0.1, 0.15) is 24.4 Å². The van der Waals surface area contributed by atoms with Gasteiger partial charge in [-0.3, -0.25) is 4.90 Å². The Morgan fingerprint density at radius 1 is 1.47 bits per heavy atom. The summed E-state index contributed by atoms with van der Waals surface area (Å²) >= 11 is 3.23. The van der Waals surface area contributed by atoms with Crippen molar-refractivity contribution in [2.75, 3.05) is 26.8 Å². The molecule has 0 aliphatic carbocycles. The second kappa shape index (κ2) is 6.79. The van der Waals surface area contributed by atoms with Gasteiger partial charge in [-0.25, -0.2) is 4.39 Å². The molecule has 2 rings (SSSR count). The van der Waals surface area contributed by atoms with E-state index < -0.39 is 0 Å². The van der Waals surface area contributed by atoms with Crippen molar-refractivity contribution in [1.82, 2.24) is 4.90 Å². The second-order valence-electron chi connectivity index (χ2n) is 4.93. The average Bonchev–Trinajstić information content (AvgIpc) is 2.44. The fraction of sp³-hybridized carbons (Fsp3) is 0.571. The number of nitrogens with two attached hydrogens (primary N) is 1. The van der Waals surface area contributed by atoms with Crippen LogP contribution in [0.3, 0.4) is 0 Å². The van der Waals surface area contributed by atoms with Gasteiger partial charge in [0.2, 0.25) is 0 Å². The molecule has 0 bridgehead atoms. The zero-order chi connectivity index (χ0) is 13.8. The van der Waals surface area contributed by atoms with Gasteiger partial charge in [0.15, 0.2) is 0 Å². The molecular formula is C14H20BrFN2O. The number of likely N-dealkylation sites (N-methyl/N-ethyl adjacent to an activating group) is 1. The fourth-order valence-corrected chi connectivity index (χ4v) is 3.00. The molecule has 0 aromatic heterocycles. The molecule has 2 N–H and O–H groups in total. The first-order chi connectivity index (χ1) is 9.13. The maximum atomic E-state index is 13.3. The van der Waals surface area contributed by atoms with Crippen molar-refractivity contribution in [3.05, 3.63) is 34.1 Å². The standard InChI is InChI=1S/C14H20BrFN2O/c1-18(11-4-6-19-7-5-11)14(9-17)10-2-3-13(16)12(15)8-10/h2-3,8,11,14H,4-7,9,17H2,1H3. The predicted octanol–water partition coefficient (Wildman–Crippen LogP) is 2.70. The van der Waals surface area contributed by atoms with E-state index in [4.69, 9.17) is 10.5 Å². The lowest BCUT2D eigenvalue weighted by atomic mass is 10.0. The van der Waals surface area contributed by atoms with E-state index in [1.807, 2.05) is 12.1 Å². The largest absolute Gasteiger partial charge is 0.381 e. The lowest BCUT2D eigenvalue weighted by Gasteiger charge is -2.37. The Morgan fingerprint density at radius 2 is 2.16 bits per heavy atom. The van der Waals surface area contributed by atoms with Gasteiger partial charge in [0.05, 0.1) is 4.47 Å². The summed E-state index contributed by atoms with van der Waals surface area (Å²) in [4.78, 5) is 2.29. The molecule has 1 fully saturated rings. The molecule has 1 atom stereocenters. The van der Waals surface area contributed by atoms with Crippen LogP contribution in [0.25, 0.3) is 0 Å². The molecule has 1 unspecified atom stereocenters. The molecule has 1 heterocycles. The van der Waals surface area contributed by atoms with Gasteiger partial charge in [-0.05, 0) is 53.5 Å². The number of hydrogen-bond donors (Lipinski definition) is 1. The van der Waals surface area contributed by atoms with E-state index in [0.717, 1.165) is 31.6 Å². The molecule has 1 aromatic rings. The van der Waals surface area contributed by atoms with Crippen molar-refractivity contribution in [3.8, 4) is 0 Å². The summed E-state index contributed by atoms with van der Waals surface area (Å²) < 4.78 is 19.2. The highest BCUT2D eigenvalue weighted by Gasteiger charge is 2.25. The van der Waals surface area contributed by atoms with Crippen molar-refractivity contribution in [2.45, 2.75) is 24.9 Å². The Morgan fingerprint density at radius 3 is 2.74 bits per heavy atom. The number of hydrogen-bond acceptors (Lipinski definition) is 3. The van der Waals surface area contributed by atoms with E-state index >= 15 is 0 Å². The quantitative estimate of drug-likeness (QED) is 0.922. The third-order valence-corrected chi connectivity index (χ3v) is 4.42. The normalized spacial score (nSPS) is 18.8. The van der Waals surface area contributed by atoms with Crippen LogP contribution in [-0.4, -0.2) is 37.7 Å². The van der Waals surface area contributed by atoms with Crippen LogP contribution in [0.5, 0.6) is 0 Å². The lowest BCUT2D eigenvalue weighted by Crippen LogP contribution is -2.41. The van der Waals surface area contributed by atoms with Gasteiger partial charge in [-0.15, -0.1) is 0 Å². The molecule has 1 aliphatic rings. The molecule has 0 saturated carbocycles. The van der Waals surface area contributed by atoms with E-state index in [1.54, 1.807) is 0 Å². The van der Waals surface area contributed by atoms with E-state index in [1.165, 1.54) is 6.07 Å². The number of benzene rings is 1. The summed E-state index contributed by atoms with van der Waals surface area (Å²) in [6.07, 6.45) is 2.05. The third-order valence-electron chi connectivity index (χ3n) is 3.81. The molecule has 5 heteroatoms. The number of rotatable bonds is 4. The van der Waals surface area contributed by atoms with Crippen LogP contribution in [0, 0.1) is 5.82 Å². The van der Waals surface area contributed by atoms with Gasteiger partial charge < -0.3 is 10.5 Å². The molecule has 0 amide bonds. The molecular weight excluding hydrogens is 311 g/mol. The summed E-state index contributed by atoms with van der Waals surface area (Å²) in [6.45, 7) is 2.13. The van der Waals surface area contributed by atoms with Crippen LogP contribution in [0.2, 0.25) is 0 Å². The van der Waals surface area contributed by atoms with Crippen LogP contribution < -0.4 is 5.73 Å². The lowest BCUT2D eigenvalue weighted by molar-refractivity contribution is 0.0293. The molecule has 1 aliphatic heterocycles. The maximum absolute atomic E-state index is 13.3. The first-order valence-electron chi connectivity index (χ1n) is 6.58. The van der Waals surface area contributed by atoms with Crippen LogP contribution in [0.15, 0.2) is 22.7 Å². The Labute approximate surface area is 122 Å². The minimum absolute atomic E-state index is 0.111. The van der Waals surface area contributed by atoms with Gasteiger partial charge in [-0.2, -0.15) is 0 Å². The van der Waals surface area contributed by atoms with Crippen LogP contribution in [0.4, 0.5) is 4.39 Å². The highest BCUT2D eigenvalue weighted by atomic mass is 79.9. The smallest absolute Gasteiger partial charge is 0.137 e.